The molecule has 4 saturated carbocycles. The monoisotopic (exact) mass is 222 g/mol. The van der Waals surface area contributed by atoms with E-state index in [1.54, 1.807) is 0 Å². The SMILES string of the molecule is CC(C)(C)OC(=O)C12CC3CCC1C2C3=O. The number of hydrogen-bond acceptors (Lipinski definition) is 3. The summed E-state index contributed by atoms with van der Waals surface area (Å²) >= 11 is 0. The molecule has 0 aromatic rings. The van der Waals surface area contributed by atoms with Crippen LogP contribution < -0.4 is 0 Å². The number of carbonyl (C=O) groups is 2. The highest BCUT2D eigenvalue weighted by Gasteiger charge is 2.80. The Balaban J connectivity index is 1.83. The third-order valence-electron chi connectivity index (χ3n) is 4.41. The van der Waals surface area contributed by atoms with Gasteiger partial charge in [-0.1, -0.05) is 0 Å². The van der Waals surface area contributed by atoms with Gasteiger partial charge in [0.15, 0.2) is 0 Å². The molecule has 0 radical (unpaired) electrons. The van der Waals surface area contributed by atoms with Crippen molar-refractivity contribution in [3.05, 3.63) is 0 Å². The molecule has 88 valence electrons. The number of esters is 1. The van der Waals surface area contributed by atoms with Gasteiger partial charge in [-0.2, -0.15) is 0 Å². The predicted octanol–water partition coefficient (Wildman–Crippen LogP) is 1.94. The first-order chi connectivity index (χ1) is 7.36. The Labute approximate surface area is 95.5 Å². The summed E-state index contributed by atoms with van der Waals surface area (Å²) in [5.41, 5.74) is -0.836. The van der Waals surface area contributed by atoms with E-state index in [0.717, 1.165) is 19.3 Å². The lowest BCUT2D eigenvalue weighted by atomic mass is 9.81. The molecule has 0 aromatic carbocycles. The first-order valence-corrected chi connectivity index (χ1v) is 6.13. The minimum Gasteiger partial charge on any atom is -0.460 e. The maximum Gasteiger partial charge on any atom is 0.313 e. The summed E-state index contributed by atoms with van der Waals surface area (Å²) in [5.74, 6) is 0.691. The Morgan fingerprint density at radius 3 is 2.50 bits per heavy atom. The fourth-order valence-electron chi connectivity index (χ4n) is 3.80. The van der Waals surface area contributed by atoms with Crippen molar-refractivity contribution in [1.82, 2.24) is 0 Å². The van der Waals surface area contributed by atoms with E-state index in [0.29, 0.717) is 11.7 Å². The van der Waals surface area contributed by atoms with Crippen LogP contribution in [0.3, 0.4) is 0 Å². The van der Waals surface area contributed by atoms with Crippen molar-refractivity contribution in [3.8, 4) is 0 Å². The first-order valence-electron chi connectivity index (χ1n) is 6.13. The van der Waals surface area contributed by atoms with Gasteiger partial charge in [0.05, 0.1) is 5.41 Å². The molecule has 4 atom stereocenters. The van der Waals surface area contributed by atoms with Crippen molar-refractivity contribution in [1.29, 1.82) is 0 Å². The fraction of sp³-hybridized carbons (Fsp3) is 0.846. The second-order valence-corrected chi connectivity index (χ2v) is 6.51. The van der Waals surface area contributed by atoms with Crippen LogP contribution in [0.5, 0.6) is 0 Å². The highest BCUT2D eigenvalue weighted by molar-refractivity contribution is 6.01. The minimum absolute atomic E-state index is 0.0149. The van der Waals surface area contributed by atoms with Gasteiger partial charge in [-0.05, 0) is 46.0 Å². The van der Waals surface area contributed by atoms with E-state index in [1.807, 2.05) is 20.8 Å². The minimum atomic E-state index is -0.441. The summed E-state index contributed by atoms with van der Waals surface area (Å²) in [6.07, 6.45) is 2.79. The third-order valence-corrected chi connectivity index (χ3v) is 4.41. The molecule has 4 rings (SSSR count). The molecule has 4 bridgehead atoms. The molecule has 4 aliphatic carbocycles. The van der Waals surface area contributed by atoms with Gasteiger partial charge in [0, 0.05) is 11.8 Å². The second-order valence-electron chi connectivity index (χ2n) is 6.51. The molecular weight excluding hydrogens is 204 g/mol. The number of ether oxygens (including phenoxy) is 1. The summed E-state index contributed by atoms with van der Waals surface area (Å²) in [7, 11) is 0. The largest absolute Gasteiger partial charge is 0.460 e. The Kier molecular flexibility index (Phi) is 1.73. The third kappa shape index (κ3) is 1.09. The van der Waals surface area contributed by atoms with Crippen molar-refractivity contribution >= 4 is 11.8 Å². The molecule has 0 heterocycles. The lowest BCUT2D eigenvalue weighted by molar-refractivity contribution is -0.163. The lowest BCUT2D eigenvalue weighted by Crippen LogP contribution is -2.32. The predicted molar refractivity (Wildman–Crippen MR) is 57.6 cm³/mol. The highest BCUT2D eigenvalue weighted by atomic mass is 16.6. The van der Waals surface area contributed by atoms with Gasteiger partial charge >= 0.3 is 5.97 Å². The van der Waals surface area contributed by atoms with Gasteiger partial charge in [0.2, 0.25) is 0 Å². The molecule has 4 aliphatic rings. The van der Waals surface area contributed by atoms with Gasteiger partial charge in [-0.3, -0.25) is 9.59 Å². The Morgan fingerprint density at radius 2 is 2.06 bits per heavy atom. The van der Waals surface area contributed by atoms with Gasteiger partial charge in [-0.25, -0.2) is 0 Å². The van der Waals surface area contributed by atoms with Gasteiger partial charge in [0.1, 0.15) is 11.4 Å². The molecule has 0 aliphatic heterocycles. The van der Waals surface area contributed by atoms with E-state index in [4.69, 9.17) is 4.74 Å². The van der Waals surface area contributed by atoms with Crippen LogP contribution in [0.25, 0.3) is 0 Å². The Bertz CT molecular complexity index is 379. The molecule has 0 aromatic heterocycles. The van der Waals surface area contributed by atoms with Crippen molar-refractivity contribution in [3.63, 3.8) is 0 Å². The number of rotatable bonds is 1. The number of Topliss-reactive ketones (excluding diaryl/α,β-unsaturated/α-hetero) is 1. The number of fused-ring (bicyclic) bond motifs is 1. The van der Waals surface area contributed by atoms with Crippen LogP contribution >= 0.6 is 0 Å². The molecule has 0 amide bonds. The van der Waals surface area contributed by atoms with Gasteiger partial charge in [0.25, 0.3) is 0 Å². The molecule has 4 unspecified atom stereocenters. The summed E-state index contributed by atoms with van der Waals surface area (Å²) < 4.78 is 5.48. The summed E-state index contributed by atoms with van der Waals surface area (Å²) in [6.45, 7) is 5.65. The lowest BCUT2D eigenvalue weighted by Gasteiger charge is -2.27. The van der Waals surface area contributed by atoms with Crippen LogP contribution in [-0.4, -0.2) is 17.4 Å². The normalized spacial score (nSPS) is 44.4. The number of ketones is 1. The quantitative estimate of drug-likeness (QED) is 0.637. The number of hydrogen-bond donors (Lipinski definition) is 0. The van der Waals surface area contributed by atoms with E-state index in [-0.39, 0.29) is 17.8 Å². The van der Waals surface area contributed by atoms with Gasteiger partial charge < -0.3 is 4.74 Å². The van der Waals surface area contributed by atoms with Crippen LogP contribution in [0.4, 0.5) is 0 Å². The van der Waals surface area contributed by atoms with Crippen LogP contribution in [0.2, 0.25) is 0 Å². The Morgan fingerprint density at radius 1 is 1.38 bits per heavy atom. The van der Waals surface area contributed by atoms with Crippen LogP contribution in [0.1, 0.15) is 40.0 Å². The molecule has 16 heavy (non-hydrogen) atoms. The fourth-order valence-corrected chi connectivity index (χ4v) is 3.80. The highest BCUT2D eigenvalue weighted by Crippen LogP contribution is 2.74. The zero-order chi connectivity index (χ0) is 11.7. The average molecular weight is 222 g/mol. The summed E-state index contributed by atoms with van der Waals surface area (Å²) in [6, 6.07) is 0. The van der Waals surface area contributed by atoms with Crippen molar-refractivity contribution < 1.29 is 14.3 Å². The average Bonchev–Trinajstić information content (AvgIpc) is 2.76. The molecule has 0 N–H and O–H groups in total. The number of carbonyl (C=O) groups excluding carboxylic acids is 2. The van der Waals surface area contributed by atoms with E-state index >= 15 is 0 Å². The molecule has 0 spiro atoms. The van der Waals surface area contributed by atoms with E-state index in [9.17, 15) is 9.59 Å². The topological polar surface area (TPSA) is 43.4 Å². The molecule has 4 fully saturated rings. The second kappa shape index (κ2) is 2.69. The smallest absolute Gasteiger partial charge is 0.313 e. The maximum absolute atomic E-state index is 12.2. The molecule has 0 saturated heterocycles. The van der Waals surface area contributed by atoms with E-state index in [1.165, 1.54) is 0 Å². The van der Waals surface area contributed by atoms with Crippen LogP contribution in [0, 0.1) is 23.2 Å². The van der Waals surface area contributed by atoms with Crippen molar-refractivity contribution in [2.24, 2.45) is 23.2 Å². The van der Waals surface area contributed by atoms with Crippen LogP contribution in [0.15, 0.2) is 0 Å². The Hall–Kier alpha value is -0.860. The van der Waals surface area contributed by atoms with Crippen molar-refractivity contribution in [2.45, 2.75) is 45.6 Å². The van der Waals surface area contributed by atoms with E-state index < -0.39 is 11.0 Å². The first kappa shape index (κ1) is 10.3. The standard InChI is InChI=1S/C13H18O3/c1-12(2,3)16-11(15)13-6-7-4-5-8(13)9(13)10(7)14/h7-9H,4-6H2,1-3H3. The zero-order valence-electron chi connectivity index (χ0n) is 10.1. The van der Waals surface area contributed by atoms with Crippen molar-refractivity contribution in [2.75, 3.05) is 0 Å². The molecule has 3 heteroatoms. The summed E-state index contributed by atoms with van der Waals surface area (Å²) in [5, 5.41) is 0. The zero-order valence-corrected chi connectivity index (χ0v) is 10.1. The molecule has 3 nitrogen and oxygen atoms in total. The summed E-state index contributed by atoms with van der Waals surface area (Å²) in [4.78, 5) is 24.1. The maximum atomic E-state index is 12.2. The van der Waals surface area contributed by atoms with Crippen LogP contribution in [-0.2, 0) is 14.3 Å². The van der Waals surface area contributed by atoms with Gasteiger partial charge in [-0.15, -0.1) is 0 Å². The molecular formula is C13H18O3. The van der Waals surface area contributed by atoms with E-state index in [2.05, 4.69) is 0 Å².